The minimum Gasteiger partial charge on any atom is -0.497 e. The highest BCUT2D eigenvalue weighted by atomic mass is 17.1. The zero-order valence-electron chi connectivity index (χ0n) is 10.9. The fraction of sp³-hybridized carbons (Fsp3) is 0.125. The lowest BCUT2D eigenvalue weighted by Crippen LogP contribution is -2.12. The highest BCUT2D eigenvalue weighted by molar-refractivity contribution is 5.69. The summed E-state index contributed by atoms with van der Waals surface area (Å²) < 4.78 is 11.1. The monoisotopic (exact) mass is 270 g/mol. The van der Waals surface area contributed by atoms with Gasteiger partial charge in [0, 0.05) is 12.1 Å². The quantitative estimate of drug-likeness (QED) is 0.683. The van der Waals surface area contributed by atoms with E-state index in [-0.39, 0.29) is 6.10 Å². The van der Waals surface area contributed by atoms with Gasteiger partial charge in [-0.15, -0.1) is 0 Å². The SMILES string of the molecule is COc1ccc2c(c1)OC(c1ccccc1)C=C2OO. The normalized spacial score (nSPS) is 16.7. The first-order valence-electron chi connectivity index (χ1n) is 6.25. The van der Waals surface area contributed by atoms with Crippen LogP contribution in [0.15, 0.2) is 54.6 Å². The summed E-state index contributed by atoms with van der Waals surface area (Å²) in [5.74, 6) is 1.68. The van der Waals surface area contributed by atoms with Gasteiger partial charge in [0.15, 0.2) is 5.76 Å². The fourth-order valence-electron chi connectivity index (χ4n) is 2.22. The first-order valence-corrected chi connectivity index (χ1v) is 6.25. The van der Waals surface area contributed by atoms with Gasteiger partial charge in [-0.25, -0.2) is 5.26 Å². The fourth-order valence-corrected chi connectivity index (χ4v) is 2.22. The molecule has 0 fully saturated rings. The second-order valence-electron chi connectivity index (χ2n) is 4.43. The Morgan fingerprint density at radius 1 is 1.10 bits per heavy atom. The molecule has 0 radical (unpaired) electrons. The van der Waals surface area contributed by atoms with Crippen LogP contribution in [0.5, 0.6) is 11.5 Å². The number of fused-ring (bicyclic) bond motifs is 1. The molecule has 0 spiro atoms. The smallest absolute Gasteiger partial charge is 0.176 e. The third-order valence-corrected chi connectivity index (χ3v) is 3.24. The minimum absolute atomic E-state index is 0.307. The van der Waals surface area contributed by atoms with Crippen LogP contribution in [-0.2, 0) is 4.89 Å². The molecule has 1 aliphatic rings. The Kier molecular flexibility index (Phi) is 3.31. The highest BCUT2D eigenvalue weighted by Gasteiger charge is 2.24. The van der Waals surface area contributed by atoms with Crippen molar-refractivity contribution in [2.75, 3.05) is 7.11 Å². The van der Waals surface area contributed by atoms with Gasteiger partial charge in [0.25, 0.3) is 0 Å². The van der Waals surface area contributed by atoms with Gasteiger partial charge in [-0.3, -0.25) is 0 Å². The third kappa shape index (κ3) is 2.21. The first kappa shape index (κ1) is 12.6. The zero-order valence-corrected chi connectivity index (χ0v) is 10.9. The van der Waals surface area contributed by atoms with Gasteiger partial charge in [0.05, 0.1) is 12.7 Å². The van der Waals surface area contributed by atoms with Gasteiger partial charge in [0.2, 0.25) is 0 Å². The minimum atomic E-state index is -0.307. The second kappa shape index (κ2) is 5.27. The number of hydrogen-bond donors (Lipinski definition) is 1. The van der Waals surface area contributed by atoms with E-state index in [1.54, 1.807) is 31.4 Å². The van der Waals surface area contributed by atoms with E-state index in [0.29, 0.717) is 22.8 Å². The van der Waals surface area contributed by atoms with E-state index in [0.717, 1.165) is 5.56 Å². The van der Waals surface area contributed by atoms with E-state index >= 15 is 0 Å². The molecule has 0 bridgehead atoms. The van der Waals surface area contributed by atoms with Gasteiger partial charge >= 0.3 is 0 Å². The van der Waals surface area contributed by atoms with Crippen molar-refractivity contribution in [1.82, 2.24) is 0 Å². The van der Waals surface area contributed by atoms with Gasteiger partial charge in [-0.05, 0) is 17.7 Å². The maximum Gasteiger partial charge on any atom is 0.176 e. The van der Waals surface area contributed by atoms with Crippen LogP contribution in [-0.4, -0.2) is 12.4 Å². The first-order chi connectivity index (χ1) is 9.81. The van der Waals surface area contributed by atoms with Crippen LogP contribution < -0.4 is 9.47 Å². The summed E-state index contributed by atoms with van der Waals surface area (Å²) in [7, 11) is 1.60. The van der Waals surface area contributed by atoms with Crippen LogP contribution >= 0.6 is 0 Å². The van der Waals surface area contributed by atoms with Gasteiger partial charge < -0.3 is 14.4 Å². The van der Waals surface area contributed by atoms with Crippen LogP contribution in [0.1, 0.15) is 17.2 Å². The average molecular weight is 270 g/mol. The summed E-state index contributed by atoms with van der Waals surface area (Å²) in [5, 5.41) is 9.07. The van der Waals surface area contributed by atoms with Crippen molar-refractivity contribution in [2.24, 2.45) is 0 Å². The molecule has 0 amide bonds. The number of ether oxygens (including phenoxy) is 2. The highest BCUT2D eigenvalue weighted by Crippen LogP contribution is 2.39. The molecule has 3 rings (SSSR count). The lowest BCUT2D eigenvalue weighted by atomic mass is 10.0. The molecule has 0 aliphatic carbocycles. The van der Waals surface area contributed by atoms with Crippen molar-refractivity contribution >= 4 is 5.76 Å². The van der Waals surface area contributed by atoms with E-state index in [2.05, 4.69) is 4.89 Å². The Morgan fingerprint density at radius 3 is 2.60 bits per heavy atom. The van der Waals surface area contributed by atoms with Crippen LogP contribution in [0.3, 0.4) is 0 Å². The average Bonchev–Trinajstić information content (AvgIpc) is 2.54. The van der Waals surface area contributed by atoms with Gasteiger partial charge in [-0.1, -0.05) is 30.3 Å². The second-order valence-corrected chi connectivity index (χ2v) is 4.43. The molecule has 0 saturated carbocycles. The molecule has 4 heteroatoms. The van der Waals surface area contributed by atoms with E-state index in [9.17, 15) is 0 Å². The molecule has 102 valence electrons. The molecule has 2 aromatic carbocycles. The largest absolute Gasteiger partial charge is 0.497 e. The molecule has 0 aromatic heterocycles. The lowest BCUT2D eigenvalue weighted by molar-refractivity contribution is -0.171. The Bertz CT molecular complexity index is 634. The van der Waals surface area contributed by atoms with Crippen molar-refractivity contribution in [1.29, 1.82) is 0 Å². The molecule has 1 N–H and O–H groups in total. The Labute approximate surface area is 116 Å². The number of hydrogen-bond acceptors (Lipinski definition) is 4. The molecule has 4 nitrogen and oxygen atoms in total. The van der Waals surface area contributed by atoms with Crippen LogP contribution in [0.4, 0.5) is 0 Å². The topological polar surface area (TPSA) is 47.9 Å². The van der Waals surface area contributed by atoms with E-state index in [4.69, 9.17) is 14.7 Å². The number of rotatable bonds is 3. The van der Waals surface area contributed by atoms with Crippen LogP contribution in [0.25, 0.3) is 5.76 Å². The standard InChI is InChI=1S/C16H14O4/c1-18-12-7-8-13-15(9-12)19-14(10-16(13)20-17)11-5-3-2-4-6-11/h2-10,14,17H,1H3. The predicted molar refractivity (Wildman–Crippen MR) is 74.5 cm³/mol. The molecule has 1 aliphatic heterocycles. The molecule has 1 unspecified atom stereocenters. The predicted octanol–water partition coefficient (Wildman–Crippen LogP) is 3.66. The summed E-state index contributed by atoms with van der Waals surface area (Å²) in [6.07, 6.45) is 1.43. The molecule has 2 aromatic rings. The van der Waals surface area contributed by atoms with Crippen molar-refractivity contribution in [3.05, 3.63) is 65.7 Å². The van der Waals surface area contributed by atoms with Crippen molar-refractivity contribution in [2.45, 2.75) is 6.10 Å². The van der Waals surface area contributed by atoms with E-state index < -0.39 is 0 Å². The Morgan fingerprint density at radius 2 is 1.90 bits per heavy atom. The molecule has 1 heterocycles. The van der Waals surface area contributed by atoms with Crippen LogP contribution in [0.2, 0.25) is 0 Å². The van der Waals surface area contributed by atoms with Crippen molar-refractivity contribution < 1.29 is 19.6 Å². The maximum absolute atomic E-state index is 9.07. The Hall–Kier alpha value is -2.46. The number of methoxy groups -OCH3 is 1. The lowest BCUT2D eigenvalue weighted by Gasteiger charge is -2.24. The summed E-state index contributed by atoms with van der Waals surface area (Å²) in [5.41, 5.74) is 1.68. The Balaban J connectivity index is 2.03. The summed E-state index contributed by atoms with van der Waals surface area (Å²) in [6, 6.07) is 15.1. The summed E-state index contributed by atoms with van der Waals surface area (Å²) in [4.78, 5) is 4.48. The van der Waals surface area contributed by atoms with Crippen LogP contribution in [0, 0.1) is 0 Å². The molecular weight excluding hydrogens is 256 g/mol. The summed E-state index contributed by atoms with van der Waals surface area (Å²) >= 11 is 0. The summed E-state index contributed by atoms with van der Waals surface area (Å²) in [6.45, 7) is 0. The van der Waals surface area contributed by atoms with Gasteiger partial charge in [-0.2, -0.15) is 0 Å². The molecule has 0 saturated heterocycles. The maximum atomic E-state index is 9.07. The molecular formula is C16H14O4. The zero-order chi connectivity index (χ0) is 13.9. The molecule has 20 heavy (non-hydrogen) atoms. The van der Waals surface area contributed by atoms with E-state index in [1.807, 2.05) is 30.3 Å². The third-order valence-electron chi connectivity index (χ3n) is 3.24. The number of benzene rings is 2. The van der Waals surface area contributed by atoms with Crippen molar-refractivity contribution in [3.63, 3.8) is 0 Å². The van der Waals surface area contributed by atoms with E-state index in [1.165, 1.54) is 0 Å². The van der Waals surface area contributed by atoms with Gasteiger partial charge in [0.1, 0.15) is 17.6 Å². The molecule has 1 atom stereocenters. The van der Waals surface area contributed by atoms with Crippen molar-refractivity contribution in [3.8, 4) is 11.5 Å².